The molecule has 2 rings (SSSR count). The third kappa shape index (κ3) is 5.09. The Kier molecular flexibility index (Phi) is 6.04. The van der Waals surface area contributed by atoms with Crippen molar-refractivity contribution < 1.29 is 22.7 Å². The Hall–Kier alpha value is -1.83. The number of pyridine rings is 1. The molecule has 0 aromatic carbocycles. The van der Waals surface area contributed by atoms with Crippen molar-refractivity contribution in [1.29, 1.82) is 0 Å². The van der Waals surface area contributed by atoms with E-state index >= 15 is 0 Å². The summed E-state index contributed by atoms with van der Waals surface area (Å²) in [5.74, 6) is -1.57. The summed E-state index contributed by atoms with van der Waals surface area (Å²) in [5.41, 5.74) is 0.299. The van der Waals surface area contributed by atoms with Crippen LogP contribution in [-0.2, 0) is 0 Å². The molecule has 2 heterocycles. The first-order chi connectivity index (χ1) is 11.3. The van der Waals surface area contributed by atoms with Gasteiger partial charge in [-0.1, -0.05) is 0 Å². The number of likely N-dealkylation sites (N-methyl/N-ethyl adjacent to an activating group) is 1. The first kappa shape index (κ1) is 18.5. The Morgan fingerprint density at radius 2 is 2.21 bits per heavy atom. The number of carbonyl (C=O) groups is 1. The smallest absolute Gasteiger partial charge is 0.393 e. The number of nitrogens with zero attached hydrogens (tertiary/aromatic N) is 3. The number of aromatic nitrogens is 1. The van der Waals surface area contributed by atoms with Gasteiger partial charge in [-0.25, -0.2) is 4.98 Å². The molecule has 1 fully saturated rings. The summed E-state index contributed by atoms with van der Waals surface area (Å²) in [6.45, 7) is 1.16. The molecule has 8 heteroatoms. The molecular formula is C16H22F3N3O2. The second kappa shape index (κ2) is 7.83. The van der Waals surface area contributed by atoms with E-state index < -0.39 is 18.0 Å². The summed E-state index contributed by atoms with van der Waals surface area (Å²) in [5, 5.41) is 0. The zero-order valence-electron chi connectivity index (χ0n) is 13.8. The molecule has 134 valence electrons. The Labute approximate surface area is 139 Å². The third-order valence-corrected chi connectivity index (χ3v) is 3.94. The maximum atomic E-state index is 12.9. The van der Waals surface area contributed by atoms with E-state index in [9.17, 15) is 18.0 Å². The quantitative estimate of drug-likeness (QED) is 0.822. The Balaban J connectivity index is 2.01. The molecule has 1 aromatic heterocycles. The number of rotatable bonds is 5. The van der Waals surface area contributed by atoms with Crippen LogP contribution in [0.3, 0.4) is 0 Å². The lowest BCUT2D eigenvalue weighted by molar-refractivity contribution is -0.184. The van der Waals surface area contributed by atoms with Crippen LogP contribution in [0.4, 0.5) is 13.2 Å². The molecule has 1 aliphatic rings. The number of halogens is 3. The molecule has 0 spiro atoms. The Morgan fingerprint density at radius 3 is 2.88 bits per heavy atom. The minimum Gasteiger partial charge on any atom is -0.476 e. The van der Waals surface area contributed by atoms with Crippen molar-refractivity contribution >= 4 is 5.91 Å². The predicted octanol–water partition coefficient (Wildman–Crippen LogP) is 2.44. The molecule has 1 amide bonds. The standard InChI is InChI=1S/C16H22F3N3O2/c1-21(2)8-9-24-14-10-12(5-6-20-14)15(23)22-7-3-4-13(11-22)16(17,18)19/h5-6,10,13H,3-4,7-9,11H2,1-2H3/t13-/m1/s1. The second-order valence-corrected chi connectivity index (χ2v) is 6.17. The van der Waals surface area contributed by atoms with Crippen LogP contribution in [0.25, 0.3) is 0 Å². The van der Waals surface area contributed by atoms with Crippen molar-refractivity contribution in [1.82, 2.24) is 14.8 Å². The van der Waals surface area contributed by atoms with Crippen LogP contribution in [0.5, 0.6) is 5.88 Å². The van der Waals surface area contributed by atoms with Gasteiger partial charge in [-0.05, 0) is 33.0 Å². The van der Waals surface area contributed by atoms with Gasteiger partial charge in [-0.15, -0.1) is 0 Å². The monoisotopic (exact) mass is 345 g/mol. The number of carbonyl (C=O) groups excluding carboxylic acids is 1. The third-order valence-electron chi connectivity index (χ3n) is 3.94. The zero-order valence-corrected chi connectivity index (χ0v) is 13.8. The minimum absolute atomic E-state index is 0.0719. The first-order valence-electron chi connectivity index (χ1n) is 7.87. The molecular weight excluding hydrogens is 323 g/mol. The van der Waals surface area contributed by atoms with Crippen molar-refractivity contribution in [2.24, 2.45) is 5.92 Å². The van der Waals surface area contributed by atoms with E-state index in [1.54, 1.807) is 0 Å². The van der Waals surface area contributed by atoms with Gasteiger partial charge in [0.05, 0.1) is 5.92 Å². The molecule has 0 aliphatic carbocycles. The van der Waals surface area contributed by atoms with Gasteiger partial charge in [0.25, 0.3) is 5.91 Å². The van der Waals surface area contributed by atoms with Crippen molar-refractivity contribution in [3.63, 3.8) is 0 Å². The fraction of sp³-hybridized carbons (Fsp3) is 0.625. The summed E-state index contributed by atoms with van der Waals surface area (Å²) in [6, 6.07) is 2.98. The molecule has 1 atom stereocenters. The van der Waals surface area contributed by atoms with Crippen LogP contribution >= 0.6 is 0 Å². The van der Waals surface area contributed by atoms with E-state index in [2.05, 4.69) is 4.98 Å². The average Bonchev–Trinajstić information content (AvgIpc) is 2.53. The maximum absolute atomic E-state index is 12.9. The van der Waals surface area contributed by atoms with Crippen LogP contribution in [0.1, 0.15) is 23.2 Å². The highest BCUT2D eigenvalue weighted by Crippen LogP contribution is 2.33. The van der Waals surface area contributed by atoms with Crippen LogP contribution < -0.4 is 4.74 Å². The molecule has 0 bridgehead atoms. The van der Waals surface area contributed by atoms with E-state index in [0.29, 0.717) is 37.6 Å². The highest BCUT2D eigenvalue weighted by molar-refractivity contribution is 5.94. The highest BCUT2D eigenvalue weighted by Gasteiger charge is 2.42. The van der Waals surface area contributed by atoms with E-state index in [4.69, 9.17) is 4.74 Å². The fourth-order valence-electron chi connectivity index (χ4n) is 2.57. The SMILES string of the molecule is CN(C)CCOc1cc(C(=O)N2CCC[C@@H](C(F)(F)F)C2)ccn1. The number of likely N-dealkylation sites (tertiary alicyclic amines) is 1. The van der Waals surface area contributed by atoms with Gasteiger partial charge < -0.3 is 14.5 Å². The summed E-state index contributed by atoms with van der Waals surface area (Å²) < 4.78 is 44.1. The summed E-state index contributed by atoms with van der Waals surface area (Å²) in [4.78, 5) is 19.7. The number of hydrogen-bond acceptors (Lipinski definition) is 4. The predicted molar refractivity (Wildman–Crippen MR) is 83.0 cm³/mol. The van der Waals surface area contributed by atoms with Gasteiger partial charge in [-0.3, -0.25) is 4.79 Å². The summed E-state index contributed by atoms with van der Waals surface area (Å²) >= 11 is 0. The number of amides is 1. The summed E-state index contributed by atoms with van der Waals surface area (Å²) in [7, 11) is 3.81. The molecule has 0 radical (unpaired) electrons. The van der Waals surface area contributed by atoms with Gasteiger partial charge in [0.15, 0.2) is 0 Å². The lowest BCUT2D eigenvalue weighted by Crippen LogP contribution is -2.44. The van der Waals surface area contributed by atoms with Gasteiger partial charge in [0, 0.05) is 37.5 Å². The Morgan fingerprint density at radius 1 is 1.46 bits per heavy atom. The number of alkyl halides is 3. The van der Waals surface area contributed by atoms with Gasteiger partial charge in [0.2, 0.25) is 5.88 Å². The zero-order chi connectivity index (χ0) is 17.7. The summed E-state index contributed by atoms with van der Waals surface area (Å²) in [6.07, 6.45) is -2.41. The molecule has 1 aliphatic heterocycles. The van der Waals surface area contributed by atoms with E-state index in [0.717, 1.165) is 0 Å². The lowest BCUT2D eigenvalue weighted by atomic mass is 9.97. The average molecular weight is 345 g/mol. The van der Waals surface area contributed by atoms with Gasteiger partial charge in [0.1, 0.15) is 6.61 Å². The maximum Gasteiger partial charge on any atom is 0.393 e. The second-order valence-electron chi connectivity index (χ2n) is 6.17. The van der Waals surface area contributed by atoms with Crippen molar-refractivity contribution in [3.05, 3.63) is 23.9 Å². The first-order valence-corrected chi connectivity index (χ1v) is 7.87. The minimum atomic E-state index is -4.27. The van der Waals surface area contributed by atoms with Crippen LogP contribution in [0, 0.1) is 5.92 Å². The van der Waals surface area contributed by atoms with Crippen LogP contribution in [0.15, 0.2) is 18.3 Å². The molecule has 5 nitrogen and oxygen atoms in total. The van der Waals surface area contributed by atoms with Crippen LogP contribution in [-0.4, -0.2) is 67.2 Å². The molecule has 0 saturated carbocycles. The van der Waals surface area contributed by atoms with E-state index in [1.807, 2.05) is 19.0 Å². The van der Waals surface area contributed by atoms with Crippen molar-refractivity contribution in [3.8, 4) is 5.88 Å². The van der Waals surface area contributed by atoms with Crippen molar-refractivity contribution in [2.45, 2.75) is 19.0 Å². The number of hydrogen-bond donors (Lipinski definition) is 0. The van der Waals surface area contributed by atoms with E-state index in [1.165, 1.54) is 23.2 Å². The Bertz CT molecular complexity index is 564. The topological polar surface area (TPSA) is 45.7 Å². The molecule has 1 saturated heterocycles. The fourth-order valence-corrected chi connectivity index (χ4v) is 2.57. The molecule has 0 unspecified atom stereocenters. The molecule has 1 aromatic rings. The van der Waals surface area contributed by atoms with Crippen molar-refractivity contribution in [2.75, 3.05) is 40.3 Å². The highest BCUT2D eigenvalue weighted by atomic mass is 19.4. The number of ether oxygens (including phenoxy) is 1. The largest absolute Gasteiger partial charge is 0.476 e. The number of piperidine rings is 1. The van der Waals surface area contributed by atoms with Gasteiger partial charge >= 0.3 is 6.18 Å². The molecule has 24 heavy (non-hydrogen) atoms. The van der Waals surface area contributed by atoms with Crippen LogP contribution in [0.2, 0.25) is 0 Å². The lowest BCUT2D eigenvalue weighted by Gasteiger charge is -2.33. The normalized spacial score (nSPS) is 18.8. The molecule has 0 N–H and O–H groups in total. The van der Waals surface area contributed by atoms with E-state index in [-0.39, 0.29) is 13.0 Å². The van der Waals surface area contributed by atoms with Gasteiger partial charge in [-0.2, -0.15) is 13.2 Å².